The third-order valence-electron chi connectivity index (χ3n) is 5.38. The largest absolute Gasteiger partial charge is 0.506 e. The Bertz CT molecular complexity index is 1910. The Morgan fingerprint density at radius 2 is 1.41 bits per heavy atom. The number of aromatic hydroxyl groups is 4. The summed E-state index contributed by atoms with van der Waals surface area (Å²) in [6, 6.07) is 8.16. The second kappa shape index (κ2) is 14.6. The van der Waals surface area contributed by atoms with E-state index in [1.807, 2.05) is 0 Å². The molecule has 0 spiro atoms. The molecule has 0 aliphatic rings. The van der Waals surface area contributed by atoms with Crippen LogP contribution in [0.5, 0.6) is 23.0 Å². The molecule has 0 amide bonds. The fourth-order valence-electron chi connectivity index (χ4n) is 3.46. The minimum absolute atomic E-state index is 0. The summed E-state index contributed by atoms with van der Waals surface area (Å²) in [7, 11) is -4.72. The van der Waals surface area contributed by atoms with Gasteiger partial charge in [0.15, 0.2) is 5.75 Å². The molecule has 44 heavy (non-hydrogen) atoms. The first-order valence-electron chi connectivity index (χ1n) is 10.9. The second-order valence-electron chi connectivity index (χ2n) is 8.04. The topological polar surface area (TPSA) is 293 Å². The van der Waals surface area contributed by atoms with Gasteiger partial charge in [-0.05, 0) is 29.7 Å². The third-order valence-corrected chi connectivity index (χ3v) is 6.91. The molecule has 2 radical (unpaired) electrons. The van der Waals surface area contributed by atoms with E-state index in [-0.39, 0.29) is 78.2 Å². The number of nitrogens with zero attached hydrogens (tertiary/aromatic N) is 5. The van der Waals surface area contributed by atoms with E-state index in [0.29, 0.717) is 12.0 Å². The number of nitro groups is 1. The van der Waals surface area contributed by atoms with Crippen LogP contribution in [-0.4, -0.2) is 43.6 Å². The number of benzene rings is 4. The molecule has 0 saturated heterocycles. The van der Waals surface area contributed by atoms with E-state index in [0.717, 1.165) is 42.5 Å². The molecule has 0 heterocycles. The molecule has 240 valence electrons. The van der Waals surface area contributed by atoms with E-state index in [2.05, 4.69) is 29.8 Å². The van der Waals surface area contributed by atoms with Gasteiger partial charge in [-0.1, -0.05) is 5.04 Å². The molecule has 0 aliphatic carbocycles. The van der Waals surface area contributed by atoms with Crippen molar-refractivity contribution in [2.75, 3.05) is 5.73 Å². The Balaban J connectivity index is 0.00000337. The van der Waals surface area contributed by atoms with Gasteiger partial charge in [0.1, 0.15) is 44.9 Å². The number of fused-ring (bicyclic) bond motifs is 1. The molecular weight excluding hydrogens is 731 g/mol. The molecular formula is C22H16Cu2N6O12S2. The van der Waals surface area contributed by atoms with Crippen molar-refractivity contribution in [2.45, 2.75) is 9.79 Å². The van der Waals surface area contributed by atoms with E-state index in [1.54, 1.807) is 0 Å². The number of nitro benzene ring substituents is 1. The minimum Gasteiger partial charge on any atom is -0.506 e. The molecule has 22 heteroatoms. The normalized spacial score (nSPS) is 11.5. The molecule has 8 N–H and O–H groups in total. The molecule has 0 fully saturated rings. The number of hydrogen-bond donors (Lipinski definition) is 7. The van der Waals surface area contributed by atoms with Crippen LogP contribution in [-0.2, 0) is 53.6 Å². The van der Waals surface area contributed by atoms with E-state index < -0.39 is 48.6 Å². The van der Waals surface area contributed by atoms with Crippen molar-refractivity contribution in [3.63, 3.8) is 0 Å². The van der Waals surface area contributed by atoms with Crippen molar-refractivity contribution in [2.24, 2.45) is 20.5 Å². The Morgan fingerprint density at radius 3 is 1.95 bits per heavy atom. The average molecular weight is 748 g/mol. The van der Waals surface area contributed by atoms with Crippen LogP contribution in [0.2, 0.25) is 0 Å². The van der Waals surface area contributed by atoms with Crippen LogP contribution < -0.4 is 5.73 Å². The fourth-order valence-corrected chi connectivity index (χ4v) is 4.59. The predicted molar refractivity (Wildman–Crippen MR) is 143 cm³/mol. The van der Waals surface area contributed by atoms with Crippen molar-refractivity contribution in [3.8, 4) is 23.0 Å². The van der Waals surface area contributed by atoms with Gasteiger partial charge >= 0.3 is 0 Å². The molecule has 0 unspecified atom stereocenters. The Labute approximate surface area is 270 Å². The Kier molecular flexibility index (Phi) is 12.0. The summed E-state index contributed by atoms with van der Waals surface area (Å²) in [6.07, 6.45) is 0. The maximum Gasteiger partial charge on any atom is 0.296 e. The zero-order valence-electron chi connectivity index (χ0n) is 21.0. The first-order chi connectivity index (χ1) is 19.8. The van der Waals surface area contributed by atoms with Gasteiger partial charge in [-0.2, -0.15) is 8.42 Å². The van der Waals surface area contributed by atoms with Crippen molar-refractivity contribution in [3.05, 3.63) is 58.6 Å². The standard InChI is InChI=1S/C22H16N6O12S2.2Cu/c23-12-6-11-9(4-20(12)42(36,37)38)3-19(41-40-39-35)21(22(11)32)27-26-15-8-17(30)14(7-18(15)31)25-24-13-2-1-10(28(33)34)5-16(13)29;;/h1-8,29-32,35H,23H2,(H,36,37,38);;. The SMILES string of the molecule is Nc1cc2c(O)c(N=Nc3cc(O)c(N=Nc4ccc([N+](=O)[O-])cc4O)cc3O)c(SOOO)cc2cc1S(=O)(=O)O.[Cu].[Cu]. The molecule has 4 rings (SSSR count). The summed E-state index contributed by atoms with van der Waals surface area (Å²) in [6.45, 7) is 0. The second-order valence-corrected chi connectivity index (χ2v) is 10.2. The predicted octanol–water partition coefficient (Wildman–Crippen LogP) is 5.65. The molecule has 4 aromatic carbocycles. The smallest absolute Gasteiger partial charge is 0.296 e. The number of anilines is 1. The maximum absolute atomic E-state index is 11.6. The van der Waals surface area contributed by atoms with Crippen molar-refractivity contribution >= 4 is 67.1 Å². The van der Waals surface area contributed by atoms with Crippen molar-refractivity contribution in [1.82, 2.24) is 0 Å². The summed E-state index contributed by atoms with van der Waals surface area (Å²) in [5.74, 6) is -2.31. The molecule has 4 aromatic rings. The Hall–Kier alpha value is -4.08. The van der Waals surface area contributed by atoms with Gasteiger partial charge in [0.2, 0.25) is 0 Å². The quantitative estimate of drug-likeness (QED) is 0.0125. The summed E-state index contributed by atoms with van der Waals surface area (Å²) in [5.41, 5.74) is 3.81. The molecule has 0 aliphatic heterocycles. The molecule has 0 aromatic heterocycles. The van der Waals surface area contributed by atoms with Gasteiger partial charge in [0, 0.05) is 57.7 Å². The number of phenolic OH excluding ortho intramolecular Hbond substituents is 4. The van der Waals surface area contributed by atoms with Crippen LogP contribution in [0.4, 0.5) is 34.1 Å². The van der Waals surface area contributed by atoms with E-state index >= 15 is 0 Å². The van der Waals surface area contributed by atoms with Gasteiger partial charge in [0.05, 0.1) is 33.6 Å². The van der Waals surface area contributed by atoms with E-state index in [1.165, 1.54) is 6.07 Å². The van der Waals surface area contributed by atoms with Crippen LogP contribution in [0.15, 0.2) is 78.8 Å². The molecule has 0 bridgehead atoms. The van der Waals surface area contributed by atoms with E-state index in [9.17, 15) is 43.5 Å². The zero-order chi connectivity index (χ0) is 30.8. The summed E-state index contributed by atoms with van der Waals surface area (Å²) >= 11 is 0.320. The summed E-state index contributed by atoms with van der Waals surface area (Å²) in [5, 5.41) is 79.5. The first-order valence-corrected chi connectivity index (χ1v) is 13.1. The zero-order valence-corrected chi connectivity index (χ0v) is 24.5. The molecule has 0 atom stereocenters. The number of phenols is 4. The number of nitrogens with two attached hydrogens (primary N) is 1. The summed E-state index contributed by atoms with van der Waals surface area (Å²) < 4.78 is 37.0. The minimum atomic E-state index is -4.72. The molecule has 18 nitrogen and oxygen atoms in total. The number of azo groups is 2. The number of rotatable bonds is 9. The van der Waals surface area contributed by atoms with Gasteiger partial charge in [-0.15, -0.1) is 24.8 Å². The van der Waals surface area contributed by atoms with Crippen LogP contribution in [0.25, 0.3) is 10.8 Å². The number of non-ortho nitro benzene ring substituents is 1. The van der Waals surface area contributed by atoms with Crippen molar-refractivity contribution in [1.29, 1.82) is 0 Å². The van der Waals surface area contributed by atoms with E-state index in [4.69, 9.17) is 11.0 Å². The first kappa shape index (κ1) is 36.1. The number of nitrogen functional groups attached to an aromatic ring is 1. The average Bonchev–Trinajstić information content (AvgIpc) is 2.92. The van der Waals surface area contributed by atoms with Gasteiger partial charge in [-0.25, -0.2) is 5.26 Å². The van der Waals surface area contributed by atoms with Gasteiger partial charge < -0.3 is 26.2 Å². The molecule has 0 saturated carbocycles. The third kappa shape index (κ3) is 7.89. The van der Waals surface area contributed by atoms with Crippen LogP contribution in [0.3, 0.4) is 0 Å². The summed E-state index contributed by atoms with van der Waals surface area (Å²) in [4.78, 5) is 9.34. The fraction of sp³-hybridized carbons (Fsp3) is 0. The Morgan fingerprint density at radius 1 is 0.841 bits per heavy atom. The monoisotopic (exact) mass is 746 g/mol. The van der Waals surface area contributed by atoms with Crippen molar-refractivity contribution < 1.29 is 87.1 Å². The number of hydrogen-bond acceptors (Lipinski definition) is 17. The van der Waals surface area contributed by atoms with Gasteiger partial charge in [0.25, 0.3) is 15.8 Å². The maximum atomic E-state index is 11.6. The van der Waals surface area contributed by atoms with Gasteiger partial charge in [-0.3, -0.25) is 14.7 Å². The van der Waals surface area contributed by atoms with Crippen LogP contribution >= 0.6 is 12.0 Å². The van der Waals surface area contributed by atoms with Crippen LogP contribution in [0, 0.1) is 10.1 Å². The van der Waals surface area contributed by atoms with Crippen LogP contribution in [0.1, 0.15) is 0 Å².